The van der Waals surface area contributed by atoms with Gasteiger partial charge in [0, 0.05) is 12.1 Å². The van der Waals surface area contributed by atoms with Gasteiger partial charge in [-0.1, -0.05) is 10.0 Å². The number of hydrogen-bond donors (Lipinski definition) is 1. The van der Waals surface area contributed by atoms with Crippen LogP contribution >= 0.6 is 0 Å². The monoisotopic (exact) mass is 264 g/mol. The minimum absolute atomic E-state index is 0.172. The van der Waals surface area contributed by atoms with Crippen LogP contribution in [0.1, 0.15) is 6.92 Å². The van der Waals surface area contributed by atoms with E-state index in [1.165, 1.54) is 18.2 Å². The molecule has 0 saturated carbocycles. The zero-order chi connectivity index (χ0) is 12.3. The van der Waals surface area contributed by atoms with Gasteiger partial charge in [0.05, 0.1) is 0 Å². The molecular formula is C8H10NO5S2+. The lowest BCUT2D eigenvalue weighted by molar-refractivity contribution is -0.410. The molecule has 0 atom stereocenters. The van der Waals surface area contributed by atoms with Crippen molar-refractivity contribution in [1.29, 1.82) is 0 Å². The third-order valence-corrected chi connectivity index (χ3v) is 3.55. The van der Waals surface area contributed by atoms with Crippen LogP contribution in [0.15, 0.2) is 29.2 Å². The highest BCUT2D eigenvalue weighted by molar-refractivity contribution is 7.85. The molecule has 0 aromatic heterocycles. The summed E-state index contributed by atoms with van der Waals surface area (Å²) in [6.07, 6.45) is 0. The minimum Gasteiger partial charge on any atom is -0.282 e. The molecule has 0 aliphatic heterocycles. The Balaban J connectivity index is 3.46. The van der Waals surface area contributed by atoms with Crippen molar-refractivity contribution in [3.63, 3.8) is 0 Å². The molecule has 0 aliphatic rings. The van der Waals surface area contributed by atoms with Crippen molar-refractivity contribution in [1.82, 2.24) is 0 Å². The number of benzene rings is 1. The van der Waals surface area contributed by atoms with Crippen molar-refractivity contribution in [2.45, 2.75) is 11.8 Å². The third kappa shape index (κ3) is 2.87. The molecule has 0 unspecified atom stereocenters. The van der Waals surface area contributed by atoms with E-state index < -0.39 is 20.6 Å². The lowest BCUT2D eigenvalue weighted by Crippen LogP contribution is -2.04. The van der Waals surface area contributed by atoms with Gasteiger partial charge < -0.3 is 0 Å². The maximum Gasteiger partial charge on any atom is 0.465 e. The Morgan fingerprint density at radius 3 is 2.44 bits per heavy atom. The summed E-state index contributed by atoms with van der Waals surface area (Å²) >= 11 is 0. The molecule has 1 rings (SSSR count). The van der Waals surface area contributed by atoms with E-state index in [9.17, 15) is 16.8 Å². The van der Waals surface area contributed by atoms with Gasteiger partial charge in [-0.3, -0.25) is 4.55 Å². The predicted molar refractivity (Wildman–Crippen MR) is 55.6 cm³/mol. The molecular weight excluding hydrogens is 254 g/mol. The molecule has 6 nitrogen and oxygen atoms in total. The summed E-state index contributed by atoms with van der Waals surface area (Å²) in [5, 5.41) is 0. The van der Waals surface area contributed by atoms with Crippen LogP contribution < -0.4 is 0 Å². The Hall–Kier alpha value is -1.25. The first kappa shape index (κ1) is 12.8. The first-order chi connectivity index (χ1) is 7.36. The van der Waals surface area contributed by atoms with Crippen LogP contribution in [0.2, 0.25) is 0 Å². The van der Waals surface area contributed by atoms with E-state index in [0.717, 1.165) is 10.0 Å². The molecule has 0 amide bonds. The first-order valence-electron chi connectivity index (χ1n) is 4.30. The number of nitrogens with zero attached hydrogens (tertiary/aromatic N) is 1. The normalized spacial score (nSPS) is 11.1. The average molecular weight is 264 g/mol. The van der Waals surface area contributed by atoms with E-state index in [1.807, 2.05) is 0 Å². The predicted octanol–water partition coefficient (Wildman–Crippen LogP) is 0.660. The second-order valence-electron chi connectivity index (χ2n) is 2.88. The summed E-state index contributed by atoms with van der Waals surface area (Å²) in [5.41, 5.74) is 0.186. The quantitative estimate of drug-likeness (QED) is 0.639. The average Bonchev–Trinajstić information content (AvgIpc) is 2.17. The largest absolute Gasteiger partial charge is 0.465 e. The highest BCUT2D eigenvalue weighted by Crippen LogP contribution is 2.17. The topological polar surface area (TPSA) is 91.5 Å². The molecule has 0 aliphatic carbocycles. The van der Waals surface area contributed by atoms with Crippen LogP contribution in [0.4, 0.5) is 5.69 Å². The van der Waals surface area contributed by atoms with Gasteiger partial charge in [0.2, 0.25) is 5.69 Å². The maximum atomic E-state index is 10.8. The Bertz CT molecular complexity index is 622. The molecule has 0 bridgehead atoms. The molecule has 1 aromatic carbocycles. The maximum absolute atomic E-state index is 10.8. The molecule has 16 heavy (non-hydrogen) atoms. The fourth-order valence-corrected chi connectivity index (χ4v) is 2.19. The Kier molecular flexibility index (Phi) is 3.79. The smallest absolute Gasteiger partial charge is 0.282 e. The van der Waals surface area contributed by atoms with E-state index in [1.54, 1.807) is 6.92 Å². The zero-order valence-electron chi connectivity index (χ0n) is 8.36. The zero-order valence-corrected chi connectivity index (χ0v) is 9.99. The van der Waals surface area contributed by atoms with Crippen molar-refractivity contribution in [2.24, 2.45) is 0 Å². The van der Waals surface area contributed by atoms with E-state index in [4.69, 9.17) is 4.55 Å². The molecule has 0 fully saturated rings. The highest BCUT2D eigenvalue weighted by Gasteiger charge is 2.16. The van der Waals surface area contributed by atoms with E-state index >= 15 is 0 Å². The second-order valence-corrected chi connectivity index (χ2v) is 5.18. The Labute approximate surface area is 94.6 Å². The summed E-state index contributed by atoms with van der Waals surface area (Å²) < 4.78 is 53.1. The van der Waals surface area contributed by atoms with Crippen LogP contribution in [0, 0.1) is 0 Å². The molecule has 88 valence electrons. The summed E-state index contributed by atoms with van der Waals surface area (Å²) in [5.74, 6) is 0. The standard InChI is InChI=1S/C8H9NO5S2/c1-2-9(15(10)11)7-4-3-5-8(6-7)16(12,13)14/h3-6H,2H2,1H3/p+1. The molecule has 1 N–H and O–H groups in total. The fourth-order valence-electron chi connectivity index (χ4n) is 1.17. The van der Waals surface area contributed by atoms with Crippen LogP contribution in [-0.4, -0.2) is 31.9 Å². The third-order valence-electron chi connectivity index (χ3n) is 1.87. The van der Waals surface area contributed by atoms with Gasteiger partial charge in [-0.25, -0.2) is 0 Å². The van der Waals surface area contributed by atoms with Crippen LogP contribution in [0.5, 0.6) is 0 Å². The molecule has 0 heterocycles. The van der Waals surface area contributed by atoms with Crippen LogP contribution in [0.25, 0.3) is 0 Å². The highest BCUT2D eigenvalue weighted by atomic mass is 32.2. The van der Waals surface area contributed by atoms with Gasteiger partial charge in [0.1, 0.15) is 4.90 Å². The fraction of sp³-hybridized carbons (Fsp3) is 0.250. The van der Waals surface area contributed by atoms with E-state index in [0.29, 0.717) is 0 Å². The Morgan fingerprint density at radius 2 is 2.00 bits per heavy atom. The number of hydrogen-bond acceptors (Lipinski definition) is 4. The summed E-state index contributed by atoms with van der Waals surface area (Å²) in [7, 11) is -6.80. The molecule has 0 saturated heterocycles. The van der Waals surface area contributed by atoms with Gasteiger partial charge in [-0.15, -0.1) is 8.42 Å². The van der Waals surface area contributed by atoms with E-state index in [2.05, 4.69) is 0 Å². The van der Waals surface area contributed by atoms with Gasteiger partial charge in [-0.05, 0) is 13.0 Å². The van der Waals surface area contributed by atoms with Crippen molar-refractivity contribution in [3.05, 3.63) is 24.3 Å². The van der Waals surface area contributed by atoms with E-state index in [-0.39, 0.29) is 17.1 Å². The summed E-state index contributed by atoms with van der Waals surface area (Å²) in [4.78, 5) is -0.339. The summed E-state index contributed by atoms with van der Waals surface area (Å²) in [6, 6.07) is 5.07. The minimum atomic E-state index is -4.32. The Morgan fingerprint density at radius 1 is 1.38 bits per heavy atom. The van der Waals surface area contributed by atoms with Crippen molar-refractivity contribution < 1.29 is 25.3 Å². The molecule has 8 heteroatoms. The van der Waals surface area contributed by atoms with Gasteiger partial charge in [-0.2, -0.15) is 8.42 Å². The molecule has 0 radical (unpaired) electrons. The molecule has 1 aromatic rings. The van der Waals surface area contributed by atoms with Crippen LogP contribution in [0.3, 0.4) is 0 Å². The van der Waals surface area contributed by atoms with Crippen molar-refractivity contribution in [2.75, 3.05) is 6.54 Å². The van der Waals surface area contributed by atoms with Crippen molar-refractivity contribution >= 4 is 26.3 Å². The first-order valence-corrected chi connectivity index (χ1v) is 6.78. The van der Waals surface area contributed by atoms with Gasteiger partial charge in [0.25, 0.3) is 10.1 Å². The summed E-state index contributed by atoms with van der Waals surface area (Å²) in [6.45, 7) is 1.78. The lowest BCUT2D eigenvalue weighted by Gasteiger charge is -1.97. The van der Waals surface area contributed by atoms with Crippen LogP contribution in [-0.2, 0) is 20.6 Å². The van der Waals surface area contributed by atoms with Gasteiger partial charge in [0.15, 0.2) is 6.54 Å². The van der Waals surface area contributed by atoms with Crippen molar-refractivity contribution in [3.8, 4) is 0 Å². The van der Waals surface area contributed by atoms with Gasteiger partial charge >= 0.3 is 10.5 Å². The second kappa shape index (κ2) is 4.73. The SMILES string of the molecule is CC[N+](c1cccc(S(=O)(=O)O)c1)=S(=O)=O. The number of rotatable bonds is 3. The molecule has 0 spiro atoms. The lowest BCUT2D eigenvalue weighted by atomic mass is 10.3.